The van der Waals surface area contributed by atoms with E-state index in [4.69, 9.17) is 4.74 Å². The average molecular weight is 377 g/mol. The minimum absolute atomic E-state index is 0.0811. The van der Waals surface area contributed by atoms with E-state index in [2.05, 4.69) is 26.5 Å². The molecule has 23 heavy (non-hydrogen) atoms. The van der Waals surface area contributed by atoms with Gasteiger partial charge in [0.15, 0.2) is 6.61 Å². The van der Waals surface area contributed by atoms with Gasteiger partial charge in [-0.05, 0) is 55.3 Å². The Bertz CT molecular complexity index is 745. The Balaban J connectivity index is 1.86. The highest BCUT2D eigenvalue weighted by Gasteiger charge is 2.03. The number of halogens is 1. The van der Waals surface area contributed by atoms with E-state index >= 15 is 0 Å². The minimum atomic E-state index is -0.381. The molecule has 0 heterocycles. The minimum Gasteiger partial charge on any atom is -0.507 e. The summed E-state index contributed by atoms with van der Waals surface area (Å²) < 4.78 is 6.21. The maximum Gasteiger partial charge on any atom is 0.277 e. The number of carbonyl (C=O) groups is 1. The van der Waals surface area contributed by atoms with Gasteiger partial charge in [-0.2, -0.15) is 5.10 Å². The van der Waals surface area contributed by atoms with Crippen molar-refractivity contribution in [2.24, 2.45) is 5.10 Å². The highest BCUT2D eigenvalue weighted by atomic mass is 79.9. The predicted octanol–water partition coefficient (Wildman–Crippen LogP) is 3.30. The van der Waals surface area contributed by atoms with E-state index < -0.39 is 0 Å². The van der Waals surface area contributed by atoms with Crippen molar-refractivity contribution in [1.82, 2.24) is 5.43 Å². The van der Waals surface area contributed by atoms with Gasteiger partial charge in [-0.3, -0.25) is 4.79 Å². The van der Waals surface area contributed by atoms with Crippen LogP contribution in [0.2, 0.25) is 0 Å². The van der Waals surface area contributed by atoms with E-state index in [0.29, 0.717) is 11.3 Å². The molecule has 2 N–H and O–H groups in total. The maximum atomic E-state index is 11.7. The zero-order valence-electron chi connectivity index (χ0n) is 12.8. The summed E-state index contributed by atoms with van der Waals surface area (Å²) in [6, 6.07) is 10.6. The molecular formula is C17H17BrN2O3. The highest BCUT2D eigenvalue weighted by molar-refractivity contribution is 9.10. The number of amides is 1. The molecule has 1 amide bonds. The Kier molecular flexibility index (Phi) is 5.76. The molecule has 0 saturated carbocycles. The van der Waals surface area contributed by atoms with Crippen LogP contribution in [0.1, 0.15) is 16.7 Å². The van der Waals surface area contributed by atoms with Crippen LogP contribution in [0.15, 0.2) is 46.0 Å². The Hall–Kier alpha value is -2.34. The molecule has 0 unspecified atom stereocenters. The van der Waals surface area contributed by atoms with Crippen LogP contribution in [0.4, 0.5) is 0 Å². The van der Waals surface area contributed by atoms with Gasteiger partial charge in [0.25, 0.3) is 5.91 Å². The van der Waals surface area contributed by atoms with Crippen molar-refractivity contribution in [3.8, 4) is 11.5 Å². The van der Waals surface area contributed by atoms with Crippen molar-refractivity contribution in [3.63, 3.8) is 0 Å². The van der Waals surface area contributed by atoms with E-state index in [-0.39, 0.29) is 18.3 Å². The molecular weight excluding hydrogens is 360 g/mol. The van der Waals surface area contributed by atoms with Gasteiger partial charge in [0.1, 0.15) is 11.5 Å². The number of ether oxygens (including phenoxy) is 1. The summed E-state index contributed by atoms with van der Waals surface area (Å²) in [5, 5.41) is 13.5. The average Bonchev–Trinajstić information content (AvgIpc) is 2.52. The topological polar surface area (TPSA) is 70.9 Å². The summed E-state index contributed by atoms with van der Waals surface area (Å²) in [7, 11) is 0. The lowest BCUT2D eigenvalue weighted by molar-refractivity contribution is -0.123. The molecule has 120 valence electrons. The lowest BCUT2D eigenvalue weighted by atomic mass is 10.1. The normalized spacial score (nSPS) is 10.7. The highest BCUT2D eigenvalue weighted by Crippen LogP contribution is 2.20. The number of rotatable bonds is 5. The third-order valence-corrected chi connectivity index (χ3v) is 3.72. The molecule has 0 radical (unpaired) electrons. The van der Waals surface area contributed by atoms with Crippen molar-refractivity contribution >= 4 is 28.1 Å². The molecule has 0 aromatic heterocycles. The largest absolute Gasteiger partial charge is 0.507 e. The number of aromatic hydroxyl groups is 1. The molecule has 5 nitrogen and oxygen atoms in total. The number of benzene rings is 2. The Morgan fingerprint density at radius 1 is 1.26 bits per heavy atom. The molecule has 6 heteroatoms. The predicted molar refractivity (Wildman–Crippen MR) is 93.0 cm³/mol. The molecule has 0 bridgehead atoms. The summed E-state index contributed by atoms with van der Waals surface area (Å²) >= 11 is 3.30. The van der Waals surface area contributed by atoms with Gasteiger partial charge in [-0.1, -0.05) is 22.0 Å². The first-order valence-corrected chi connectivity index (χ1v) is 7.75. The number of phenolic OH excluding ortho intramolecular Hbond substituents is 1. The SMILES string of the molecule is Cc1ccc(OCC(=O)N/N=C\c2cc(Br)ccc2O)cc1C. The summed E-state index contributed by atoms with van der Waals surface area (Å²) in [4.78, 5) is 11.7. The first-order chi connectivity index (χ1) is 11.0. The Morgan fingerprint density at radius 3 is 2.78 bits per heavy atom. The van der Waals surface area contributed by atoms with Crippen molar-refractivity contribution in [2.45, 2.75) is 13.8 Å². The van der Waals surface area contributed by atoms with E-state index in [1.54, 1.807) is 12.1 Å². The Labute approximate surface area is 143 Å². The second-order valence-corrected chi connectivity index (χ2v) is 5.95. The monoisotopic (exact) mass is 376 g/mol. The van der Waals surface area contributed by atoms with Gasteiger partial charge >= 0.3 is 0 Å². The molecule has 2 aromatic carbocycles. The van der Waals surface area contributed by atoms with Crippen LogP contribution in [-0.4, -0.2) is 23.8 Å². The van der Waals surface area contributed by atoms with Gasteiger partial charge < -0.3 is 9.84 Å². The number of nitrogens with one attached hydrogen (secondary N) is 1. The maximum absolute atomic E-state index is 11.7. The fourth-order valence-corrected chi connectivity index (χ4v) is 2.17. The first kappa shape index (κ1) is 17.0. The number of hydrogen-bond acceptors (Lipinski definition) is 4. The lowest BCUT2D eigenvalue weighted by Gasteiger charge is -2.07. The molecule has 2 aromatic rings. The zero-order valence-corrected chi connectivity index (χ0v) is 14.4. The second kappa shape index (κ2) is 7.78. The van der Waals surface area contributed by atoms with E-state index in [0.717, 1.165) is 10.0 Å². The van der Waals surface area contributed by atoms with E-state index in [1.165, 1.54) is 17.8 Å². The molecule has 0 aliphatic rings. The summed E-state index contributed by atoms with van der Waals surface area (Å²) in [5.41, 5.74) is 5.12. The van der Waals surface area contributed by atoms with Gasteiger partial charge in [0, 0.05) is 10.0 Å². The summed E-state index contributed by atoms with van der Waals surface area (Å²) in [6.07, 6.45) is 1.37. The molecule has 0 fully saturated rings. The van der Waals surface area contributed by atoms with Crippen molar-refractivity contribution in [3.05, 3.63) is 57.6 Å². The number of nitrogens with zero attached hydrogens (tertiary/aromatic N) is 1. The van der Waals surface area contributed by atoms with Crippen molar-refractivity contribution in [1.29, 1.82) is 0 Å². The van der Waals surface area contributed by atoms with Crippen LogP contribution in [-0.2, 0) is 4.79 Å². The van der Waals surface area contributed by atoms with E-state index in [1.807, 2.05) is 32.0 Å². The smallest absolute Gasteiger partial charge is 0.277 e. The first-order valence-electron chi connectivity index (χ1n) is 6.96. The third kappa shape index (κ3) is 5.10. The van der Waals surface area contributed by atoms with Crippen LogP contribution in [0.5, 0.6) is 11.5 Å². The van der Waals surface area contributed by atoms with Crippen LogP contribution in [0.25, 0.3) is 0 Å². The third-order valence-electron chi connectivity index (χ3n) is 3.23. The standard InChI is InChI=1S/C17H17BrN2O3/c1-11-3-5-15(7-12(11)2)23-10-17(22)20-19-9-13-8-14(18)4-6-16(13)21/h3-9,21H,10H2,1-2H3,(H,20,22)/b19-9-. The Morgan fingerprint density at radius 2 is 2.04 bits per heavy atom. The lowest BCUT2D eigenvalue weighted by Crippen LogP contribution is -2.24. The molecule has 0 atom stereocenters. The zero-order chi connectivity index (χ0) is 16.8. The number of hydrogen-bond donors (Lipinski definition) is 2. The van der Waals surface area contributed by atoms with Crippen LogP contribution in [0.3, 0.4) is 0 Å². The number of aryl methyl sites for hydroxylation is 2. The van der Waals surface area contributed by atoms with Gasteiger partial charge in [0.05, 0.1) is 6.21 Å². The molecule has 2 rings (SSSR count). The number of hydrazone groups is 1. The summed E-state index contributed by atoms with van der Waals surface area (Å²) in [6.45, 7) is 3.86. The van der Waals surface area contributed by atoms with Crippen molar-refractivity contribution < 1.29 is 14.6 Å². The van der Waals surface area contributed by atoms with Gasteiger partial charge in [-0.15, -0.1) is 0 Å². The number of phenols is 1. The summed E-state index contributed by atoms with van der Waals surface area (Å²) in [5.74, 6) is 0.336. The fourth-order valence-electron chi connectivity index (χ4n) is 1.79. The van der Waals surface area contributed by atoms with Crippen LogP contribution < -0.4 is 10.2 Å². The quantitative estimate of drug-likeness (QED) is 0.621. The number of carbonyl (C=O) groups excluding carboxylic acids is 1. The second-order valence-electron chi connectivity index (χ2n) is 5.03. The van der Waals surface area contributed by atoms with Crippen LogP contribution in [0, 0.1) is 13.8 Å². The van der Waals surface area contributed by atoms with E-state index in [9.17, 15) is 9.90 Å². The van der Waals surface area contributed by atoms with Gasteiger partial charge in [0.2, 0.25) is 0 Å². The molecule has 0 spiro atoms. The fraction of sp³-hybridized carbons (Fsp3) is 0.176. The molecule has 0 saturated heterocycles. The van der Waals surface area contributed by atoms with Gasteiger partial charge in [-0.25, -0.2) is 5.43 Å². The molecule has 0 aliphatic carbocycles. The molecule has 0 aliphatic heterocycles. The van der Waals surface area contributed by atoms with Crippen molar-refractivity contribution in [2.75, 3.05) is 6.61 Å². The van der Waals surface area contributed by atoms with Crippen LogP contribution >= 0.6 is 15.9 Å².